The molecule has 58 heavy (non-hydrogen) atoms. The Morgan fingerprint density at radius 1 is 0.293 bits per heavy atom. The van der Waals surface area contributed by atoms with E-state index in [1.165, 1.54) is 77.4 Å². The number of hydrogen-bond donors (Lipinski definition) is 0. The molecule has 0 N–H and O–H groups in total. The van der Waals surface area contributed by atoms with Crippen molar-refractivity contribution in [3.63, 3.8) is 0 Å². The maximum atomic E-state index is 2.40. The van der Waals surface area contributed by atoms with E-state index in [1.54, 1.807) is 0 Å². The van der Waals surface area contributed by atoms with Gasteiger partial charge in [0.1, 0.15) is 0 Å². The fourth-order valence-electron chi connectivity index (χ4n) is 10.1. The van der Waals surface area contributed by atoms with Gasteiger partial charge >= 0.3 is 0 Å². The molecule has 0 fully saturated rings. The SMILES string of the molecule is c1ccc2c(c1)-c1ccccc1C2c1ccc(N(c2ccc(C3c4ccccc4-c4ccccc43)cc2)c2ccc(-n3c4ccccc4c4ccccc43)cc2)cc1. The molecule has 0 unspecified atom stereocenters. The second kappa shape index (κ2) is 13.1. The number of rotatable bonds is 6. The predicted molar refractivity (Wildman–Crippen MR) is 241 cm³/mol. The standard InChI is InChI=1S/C56H38N2/c1-5-19-49-43(13-1)44-14-2-6-20-50(44)55(49)37-25-29-39(30-26-37)57(40-31-27-38(28-32-40)56-51-21-7-3-15-45(51)46-16-4-8-22-52(46)56)41-33-35-42(36-34-41)58-53-23-11-9-17-47(53)48-18-10-12-24-54(48)58/h1-36,55-56H. The Balaban J connectivity index is 0.964. The van der Waals surface area contributed by atoms with Crippen LogP contribution < -0.4 is 4.90 Å². The predicted octanol–water partition coefficient (Wildman–Crippen LogP) is 14.6. The Labute approximate surface area is 338 Å². The van der Waals surface area contributed by atoms with Crippen molar-refractivity contribution in [2.24, 2.45) is 0 Å². The van der Waals surface area contributed by atoms with Crippen LogP contribution in [0.25, 0.3) is 49.7 Å². The lowest BCUT2D eigenvalue weighted by Crippen LogP contribution is -2.11. The van der Waals surface area contributed by atoms with Gasteiger partial charge in [-0.2, -0.15) is 0 Å². The van der Waals surface area contributed by atoms with E-state index in [1.807, 2.05) is 0 Å². The van der Waals surface area contributed by atoms with Crippen LogP contribution >= 0.6 is 0 Å². The highest BCUT2D eigenvalue weighted by Crippen LogP contribution is 2.50. The van der Waals surface area contributed by atoms with Crippen LogP contribution in [0.15, 0.2) is 218 Å². The van der Waals surface area contributed by atoms with E-state index in [4.69, 9.17) is 0 Å². The molecule has 2 aliphatic rings. The molecule has 2 aliphatic carbocycles. The minimum atomic E-state index is 0.205. The third-order valence-corrected chi connectivity index (χ3v) is 12.6. The summed E-state index contributed by atoms with van der Waals surface area (Å²) >= 11 is 0. The third-order valence-electron chi connectivity index (χ3n) is 12.6. The van der Waals surface area contributed by atoms with Crippen molar-refractivity contribution in [1.82, 2.24) is 4.57 Å². The van der Waals surface area contributed by atoms with Crippen LogP contribution in [-0.2, 0) is 0 Å². The molecule has 272 valence electrons. The lowest BCUT2D eigenvalue weighted by Gasteiger charge is -2.27. The molecule has 0 amide bonds. The Morgan fingerprint density at radius 3 is 0.983 bits per heavy atom. The zero-order valence-electron chi connectivity index (χ0n) is 31.8. The van der Waals surface area contributed by atoms with Gasteiger partial charge in [-0.05, 0) is 116 Å². The monoisotopic (exact) mass is 738 g/mol. The lowest BCUT2D eigenvalue weighted by atomic mass is 9.89. The van der Waals surface area contributed by atoms with E-state index < -0.39 is 0 Å². The smallest absolute Gasteiger partial charge is 0.0541 e. The highest BCUT2D eigenvalue weighted by atomic mass is 15.1. The van der Waals surface area contributed by atoms with Crippen molar-refractivity contribution in [2.45, 2.75) is 11.8 Å². The fraction of sp³-hybridized carbons (Fsp3) is 0.0357. The molecule has 2 nitrogen and oxygen atoms in total. The molecule has 0 saturated carbocycles. The van der Waals surface area contributed by atoms with Gasteiger partial charge in [-0.1, -0.05) is 158 Å². The molecule has 0 saturated heterocycles. The summed E-state index contributed by atoms with van der Waals surface area (Å²) in [6, 6.07) is 80.6. The third kappa shape index (κ3) is 4.98. The summed E-state index contributed by atoms with van der Waals surface area (Å²) in [7, 11) is 0. The van der Waals surface area contributed by atoms with Crippen molar-refractivity contribution in [3.05, 3.63) is 252 Å². The van der Waals surface area contributed by atoms with Gasteiger partial charge in [-0.25, -0.2) is 0 Å². The molecular weight excluding hydrogens is 701 g/mol. The number of para-hydroxylation sites is 2. The van der Waals surface area contributed by atoms with Crippen LogP contribution in [0.5, 0.6) is 0 Å². The molecular formula is C56H38N2. The van der Waals surface area contributed by atoms with Gasteiger partial charge in [0.25, 0.3) is 0 Å². The second-order valence-electron chi connectivity index (χ2n) is 15.6. The van der Waals surface area contributed by atoms with Gasteiger partial charge in [0.05, 0.1) is 11.0 Å². The van der Waals surface area contributed by atoms with Gasteiger partial charge < -0.3 is 9.47 Å². The van der Waals surface area contributed by atoms with Crippen molar-refractivity contribution < 1.29 is 0 Å². The van der Waals surface area contributed by atoms with Gasteiger partial charge in [-0.3, -0.25) is 0 Å². The first-order chi connectivity index (χ1) is 28.8. The van der Waals surface area contributed by atoms with Gasteiger partial charge in [0, 0.05) is 45.4 Å². The highest BCUT2D eigenvalue weighted by Gasteiger charge is 2.31. The average molecular weight is 739 g/mol. The topological polar surface area (TPSA) is 8.17 Å². The molecule has 1 aromatic heterocycles. The second-order valence-corrected chi connectivity index (χ2v) is 15.6. The summed E-state index contributed by atoms with van der Waals surface area (Å²) in [5, 5.41) is 2.54. The van der Waals surface area contributed by atoms with Crippen molar-refractivity contribution in [1.29, 1.82) is 0 Å². The first-order valence-corrected chi connectivity index (χ1v) is 20.3. The van der Waals surface area contributed by atoms with Gasteiger partial charge in [0.15, 0.2) is 0 Å². The summed E-state index contributed by atoms with van der Waals surface area (Å²) in [6.45, 7) is 0. The highest BCUT2D eigenvalue weighted by molar-refractivity contribution is 6.09. The van der Waals surface area contributed by atoms with Crippen LogP contribution in [0.4, 0.5) is 17.1 Å². The number of benzene rings is 9. The molecule has 10 aromatic rings. The maximum absolute atomic E-state index is 2.40. The summed E-state index contributed by atoms with van der Waals surface area (Å²) in [6.07, 6.45) is 0. The number of hydrogen-bond acceptors (Lipinski definition) is 1. The number of anilines is 3. The van der Waals surface area contributed by atoms with Crippen LogP contribution in [0, 0.1) is 0 Å². The van der Waals surface area contributed by atoms with Crippen molar-refractivity contribution in [2.75, 3.05) is 4.90 Å². The van der Waals surface area contributed by atoms with Crippen molar-refractivity contribution >= 4 is 38.9 Å². The first kappa shape index (κ1) is 32.8. The van der Waals surface area contributed by atoms with E-state index in [-0.39, 0.29) is 11.8 Å². The molecule has 1 heterocycles. The van der Waals surface area contributed by atoms with Gasteiger partial charge in [-0.15, -0.1) is 0 Å². The average Bonchev–Trinajstić information content (AvgIpc) is 3.93. The van der Waals surface area contributed by atoms with E-state index in [9.17, 15) is 0 Å². The van der Waals surface area contributed by atoms with E-state index >= 15 is 0 Å². The van der Waals surface area contributed by atoms with E-state index in [0.717, 1.165) is 22.7 Å². The zero-order chi connectivity index (χ0) is 38.2. The molecule has 0 bridgehead atoms. The Hall–Kier alpha value is -7.42. The van der Waals surface area contributed by atoms with Crippen LogP contribution in [0.1, 0.15) is 45.2 Å². The van der Waals surface area contributed by atoms with Crippen LogP contribution in [0.2, 0.25) is 0 Å². The minimum Gasteiger partial charge on any atom is -0.311 e. The number of aromatic nitrogens is 1. The Kier molecular flexibility index (Phi) is 7.39. The van der Waals surface area contributed by atoms with Crippen LogP contribution in [-0.4, -0.2) is 4.57 Å². The molecule has 0 aliphatic heterocycles. The molecule has 0 radical (unpaired) electrons. The number of nitrogens with zero attached hydrogens (tertiary/aromatic N) is 2. The maximum Gasteiger partial charge on any atom is 0.0541 e. The van der Waals surface area contributed by atoms with Crippen molar-refractivity contribution in [3.8, 4) is 27.9 Å². The van der Waals surface area contributed by atoms with Gasteiger partial charge in [0.2, 0.25) is 0 Å². The Bertz CT molecular complexity index is 2890. The summed E-state index contributed by atoms with van der Waals surface area (Å²) in [5.41, 5.74) is 20.4. The first-order valence-electron chi connectivity index (χ1n) is 20.3. The van der Waals surface area contributed by atoms with E-state index in [0.29, 0.717) is 0 Å². The summed E-state index contributed by atoms with van der Waals surface area (Å²) < 4.78 is 2.39. The lowest BCUT2D eigenvalue weighted by molar-refractivity contribution is 1.01. The summed E-state index contributed by atoms with van der Waals surface area (Å²) in [5.74, 6) is 0.411. The summed E-state index contributed by atoms with van der Waals surface area (Å²) in [4.78, 5) is 2.40. The molecule has 9 aromatic carbocycles. The zero-order valence-corrected chi connectivity index (χ0v) is 31.8. The van der Waals surface area contributed by atoms with Crippen LogP contribution in [0.3, 0.4) is 0 Å². The molecule has 2 heteroatoms. The van der Waals surface area contributed by atoms with E-state index in [2.05, 4.69) is 228 Å². The largest absolute Gasteiger partial charge is 0.311 e. The quantitative estimate of drug-likeness (QED) is 0.165. The molecule has 0 spiro atoms. The number of fused-ring (bicyclic) bond motifs is 9. The molecule has 12 rings (SSSR count). The normalized spacial score (nSPS) is 13.0. The minimum absolute atomic E-state index is 0.205. The molecule has 0 atom stereocenters. The Morgan fingerprint density at radius 2 is 0.603 bits per heavy atom. The fourth-order valence-corrected chi connectivity index (χ4v) is 10.1.